The lowest BCUT2D eigenvalue weighted by atomic mass is 9.60. The van der Waals surface area contributed by atoms with Gasteiger partial charge in [-0.3, -0.25) is 0 Å². The van der Waals surface area contributed by atoms with Crippen LogP contribution in [0.3, 0.4) is 0 Å². The molecule has 3 saturated carbocycles. The lowest BCUT2D eigenvalue weighted by Crippen LogP contribution is -2.43. The summed E-state index contributed by atoms with van der Waals surface area (Å²) in [7, 11) is 0. The lowest BCUT2D eigenvalue weighted by molar-refractivity contribution is -0.168. The minimum absolute atomic E-state index is 0.106. The van der Waals surface area contributed by atoms with Gasteiger partial charge in [0.25, 0.3) is 5.92 Å². The first-order valence-corrected chi connectivity index (χ1v) is 12.3. The zero-order valence-corrected chi connectivity index (χ0v) is 20.2. The van der Waals surface area contributed by atoms with Crippen LogP contribution in [0.2, 0.25) is 0 Å². The van der Waals surface area contributed by atoms with Crippen LogP contribution in [0.4, 0.5) is 8.78 Å². The zero-order valence-electron chi connectivity index (χ0n) is 20.2. The first kappa shape index (κ1) is 25.6. The molecule has 0 spiro atoms. The van der Waals surface area contributed by atoms with Crippen LogP contribution in [0, 0.1) is 23.2 Å². The van der Waals surface area contributed by atoms with E-state index >= 15 is 0 Å². The molecule has 0 radical (unpaired) electrons. The van der Waals surface area contributed by atoms with Crippen molar-refractivity contribution in [3.05, 3.63) is 35.5 Å². The second-order valence-electron chi connectivity index (χ2n) is 11.4. The Morgan fingerprint density at radius 3 is 2.56 bits per heavy atom. The van der Waals surface area contributed by atoms with Crippen molar-refractivity contribution in [3.8, 4) is 0 Å². The fraction of sp³-hybridized carbons (Fsp3) is 0.778. The Labute approximate surface area is 192 Å². The van der Waals surface area contributed by atoms with Gasteiger partial charge in [0.2, 0.25) is 0 Å². The van der Waals surface area contributed by atoms with Gasteiger partial charge in [0.1, 0.15) is 5.60 Å². The maximum atomic E-state index is 14.3. The molecular formula is C27H42F2O3. The fourth-order valence-electron chi connectivity index (χ4n) is 6.60. The first-order valence-electron chi connectivity index (χ1n) is 12.3. The Morgan fingerprint density at radius 2 is 1.91 bits per heavy atom. The molecule has 3 aliphatic rings. The predicted molar refractivity (Wildman–Crippen MR) is 124 cm³/mol. The quantitative estimate of drug-likeness (QED) is 0.467. The molecule has 3 aliphatic carbocycles. The van der Waals surface area contributed by atoms with Gasteiger partial charge in [-0.2, -0.15) is 0 Å². The summed E-state index contributed by atoms with van der Waals surface area (Å²) in [5, 5.41) is 29.9. The van der Waals surface area contributed by atoms with E-state index in [9.17, 15) is 24.1 Å². The zero-order chi connectivity index (χ0) is 23.9. The van der Waals surface area contributed by atoms with Crippen LogP contribution in [0.5, 0.6) is 0 Å². The van der Waals surface area contributed by atoms with Crippen LogP contribution in [0.25, 0.3) is 0 Å². The molecular weight excluding hydrogens is 410 g/mol. The van der Waals surface area contributed by atoms with Crippen LogP contribution in [0.15, 0.2) is 35.5 Å². The molecule has 0 aromatic carbocycles. The Hall–Kier alpha value is -1.04. The highest BCUT2D eigenvalue weighted by atomic mass is 19.3. The van der Waals surface area contributed by atoms with Crippen LogP contribution in [-0.2, 0) is 0 Å². The van der Waals surface area contributed by atoms with Crippen molar-refractivity contribution in [1.29, 1.82) is 0 Å². The van der Waals surface area contributed by atoms with Gasteiger partial charge in [0.15, 0.2) is 0 Å². The van der Waals surface area contributed by atoms with Crippen molar-refractivity contribution >= 4 is 0 Å². The standard InChI is InChI=1S/C27H42F2O3/c1-17(12-14-27(28,29)25(3,4)32)22-10-11-23-19(7-6-13-26(22,23)5)8-9-20-15-21(30)16-24(31)18(20)2/h8-9,17,21-24,30-32H,2,6-7,10-16H2,1,3-5H3/b19-8?,20-9-/t17-,21-,22-,23?,24?,26-/m1/s1. The van der Waals surface area contributed by atoms with E-state index in [1.807, 2.05) is 6.08 Å². The number of rotatable bonds is 6. The molecule has 0 bridgehead atoms. The van der Waals surface area contributed by atoms with Crippen LogP contribution >= 0.6 is 0 Å². The molecule has 182 valence electrons. The highest BCUT2D eigenvalue weighted by Gasteiger charge is 2.51. The minimum atomic E-state index is -3.08. The number of allylic oxidation sites excluding steroid dienone is 3. The van der Waals surface area contributed by atoms with E-state index in [4.69, 9.17) is 0 Å². The van der Waals surface area contributed by atoms with Gasteiger partial charge in [-0.05, 0) is 93.1 Å². The summed E-state index contributed by atoms with van der Waals surface area (Å²) in [6.07, 6.45) is 9.40. The number of hydrogen-bond acceptors (Lipinski definition) is 3. The smallest absolute Gasteiger partial charge is 0.275 e. The molecule has 32 heavy (non-hydrogen) atoms. The number of alkyl halides is 2. The maximum Gasteiger partial charge on any atom is 0.275 e. The first-order chi connectivity index (χ1) is 14.8. The molecule has 0 saturated heterocycles. The van der Waals surface area contributed by atoms with Crippen molar-refractivity contribution < 1.29 is 24.1 Å². The van der Waals surface area contributed by atoms with E-state index < -0.39 is 23.7 Å². The molecule has 0 aromatic heterocycles. The summed E-state index contributed by atoms with van der Waals surface area (Å²) in [4.78, 5) is 0. The van der Waals surface area contributed by atoms with Crippen molar-refractivity contribution in [2.45, 2.75) is 109 Å². The molecule has 0 aliphatic heterocycles. The predicted octanol–water partition coefficient (Wildman–Crippen LogP) is 5.95. The fourth-order valence-corrected chi connectivity index (χ4v) is 6.60. The van der Waals surface area contributed by atoms with E-state index in [0.29, 0.717) is 36.7 Å². The number of aliphatic hydroxyl groups excluding tert-OH is 2. The average molecular weight is 453 g/mol. The molecule has 6 atom stereocenters. The van der Waals surface area contributed by atoms with Gasteiger partial charge in [0.05, 0.1) is 12.2 Å². The molecule has 3 N–H and O–H groups in total. The van der Waals surface area contributed by atoms with E-state index in [0.717, 1.165) is 37.7 Å². The molecule has 0 aromatic rings. The average Bonchev–Trinajstić information content (AvgIpc) is 3.04. The van der Waals surface area contributed by atoms with Gasteiger partial charge >= 0.3 is 0 Å². The monoisotopic (exact) mass is 452 g/mol. The Balaban J connectivity index is 1.73. The van der Waals surface area contributed by atoms with E-state index in [1.54, 1.807) is 0 Å². The SMILES string of the molecule is C=C1/C(=C\C=C2CCC[C@@]3(C)C2CC[C@@H]3[C@H](C)CCC(F)(F)C(C)(C)O)C[C@@H](O)CC1O. The second kappa shape index (κ2) is 9.31. The van der Waals surface area contributed by atoms with Crippen molar-refractivity contribution in [2.75, 3.05) is 0 Å². The maximum absolute atomic E-state index is 14.3. The van der Waals surface area contributed by atoms with Crippen molar-refractivity contribution in [3.63, 3.8) is 0 Å². The molecule has 2 unspecified atom stereocenters. The number of halogens is 2. The van der Waals surface area contributed by atoms with E-state index in [-0.39, 0.29) is 17.8 Å². The molecule has 5 heteroatoms. The van der Waals surface area contributed by atoms with Crippen molar-refractivity contribution in [1.82, 2.24) is 0 Å². The second-order valence-corrected chi connectivity index (χ2v) is 11.4. The third-order valence-electron chi connectivity index (χ3n) is 8.80. The van der Waals surface area contributed by atoms with Crippen LogP contribution in [0.1, 0.15) is 85.5 Å². The number of hydrogen-bond donors (Lipinski definition) is 3. The highest BCUT2D eigenvalue weighted by molar-refractivity contribution is 5.38. The van der Waals surface area contributed by atoms with Gasteiger partial charge in [0, 0.05) is 12.8 Å². The minimum Gasteiger partial charge on any atom is -0.393 e. The topological polar surface area (TPSA) is 60.7 Å². The highest BCUT2D eigenvalue weighted by Crippen LogP contribution is 2.60. The summed E-state index contributed by atoms with van der Waals surface area (Å²) in [5.41, 5.74) is 1.15. The number of aliphatic hydroxyl groups is 3. The van der Waals surface area contributed by atoms with Gasteiger partial charge in [-0.1, -0.05) is 38.2 Å². The van der Waals surface area contributed by atoms with E-state index in [1.165, 1.54) is 19.4 Å². The van der Waals surface area contributed by atoms with Gasteiger partial charge < -0.3 is 15.3 Å². The molecule has 3 fully saturated rings. The molecule has 3 rings (SSSR count). The largest absolute Gasteiger partial charge is 0.393 e. The third-order valence-corrected chi connectivity index (χ3v) is 8.80. The summed E-state index contributed by atoms with van der Waals surface area (Å²) < 4.78 is 28.6. The van der Waals surface area contributed by atoms with Crippen LogP contribution in [-0.4, -0.2) is 39.1 Å². The van der Waals surface area contributed by atoms with Gasteiger partial charge in [-0.25, -0.2) is 8.78 Å². The number of fused-ring (bicyclic) bond motifs is 1. The Morgan fingerprint density at radius 1 is 1.22 bits per heavy atom. The summed E-state index contributed by atoms with van der Waals surface area (Å²) in [6, 6.07) is 0. The van der Waals surface area contributed by atoms with E-state index in [2.05, 4.69) is 26.5 Å². The van der Waals surface area contributed by atoms with Gasteiger partial charge in [-0.15, -0.1) is 0 Å². The Bertz CT molecular complexity index is 763. The summed E-state index contributed by atoms with van der Waals surface area (Å²) in [5.74, 6) is -2.06. The summed E-state index contributed by atoms with van der Waals surface area (Å²) in [6.45, 7) is 10.8. The van der Waals surface area contributed by atoms with Crippen molar-refractivity contribution in [2.24, 2.45) is 23.2 Å². The third kappa shape index (κ3) is 5.05. The lowest BCUT2D eigenvalue weighted by Gasteiger charge is -2.44. The van der Waals surface area contributed by atoms with Crippen LogP contribution < -0.4 is 0 Å². The summed E-state index contributed by atoms with van der Waals surface area (Å²) >= 11 is 0. The Kier molecular flexibility index (Phi) is 7.44. The molecule has 0 amide bonds. The molecule has 0 heterocycles. The molecule has 3 nitrogen and oxygen atoms in total. The normalized spacial score (nSPS) is 37.7.